The second-order valence-electron chi connectivity index (χ2n) is 2.69. The molecule has 0 unspecified atom stereocenters. The fourth-order valence-corrected chi connectivity index (χ4v) is 1.51. The third-order valence-electron chi connectivity index (χ3n) is 1.48. The predicted octanol–water partition coefficient (Wildman–Crippen LogP) is 4.21. The molecular weight excluding hydrogens is 353 g/mol. The van der Waals surface area contributed by atoms with E-state index in [1.807, 2.05) is 0 Å². The number of benzene rings is 1. The van der Waals surface area contributed by atoms with E-state index in [-0.39, 0.29) is 3.57 Å². The summed E-state index contributed by atoms with van der Waals surface area (Å²) in [5.41, 5.74) is -1.02. The van der Waals surface area contributed by atoms with Gasteiger partial charge in [-0.15, -0.1) is 13.2 Å². The van der Waals surface area contributed by atoms with Crippen molar-refractivity contribution in [2.24, 2.45) is 0 Å². The predicted molar refractivity (Wildman–Crippen MR) is 50.8 cm³/mol. The van der Waals surface area contributed by atoms with E-state index in [2.05, 4.69) is 4.74 Å². The van der Waals surface area contributed by atoms with Crippen LogP contribution in [0.25, 0.3) is 0 Å². The highest BCUT2D eigenvalue weighted by Crippen LogP contribution is 2.34. The van der Waals surface area contributed by atoms with E-state index in [9.17, 15) is 26.3 Å². The molecule has 0 aliphatic rings. The fourth-order valence-electron chi connectivity index (χ4n) is 0.885. The van der Waals surface area contributed by atoms with Crippen LogP contribution in [0, 0.1) is 3.57 Å². The monoisotopic (exact) mass is 356 g/mol. The van der Waals surface area contributed by atoms with Crippen molar-refractivity contribution in [3.63, 3.8) is 0 Å². The molecule has 0 radical (unpaired) electrons. The Bertz CT molecular complexity index is 383. The second-order valence-corrected chi connectivity index (χ2v) is 3.85. The van der Waals surface area contributed by atoms with Crippen molar-refractivity contribution in [2.45, 2.75) is 12.5 Å². The first-order valence-corrected chi connectivity index (χ1v) is 4.80. The molecule has 0 amide bonds. The zero-order chi connectivity index (χ0) is 12.6. The highest BCUT2D eigenvalue weighted by molar-refractivity contribution is 14.1. The molecule has 0 aliphatic carbocycles. The zero-order valence-electron chi connectivity index (χ0n) is 7.29. The van der Waals surface area contributed by atoms with Gasteiger partial charge in [-0.25, -0.2) is 0 Å². The standard InChI is InChI=1S/C8H3F6IO/c9-7(10,11)4-1-2-6(5(15)3-4)16-8(12,13)14/h1-3H. The average molecular weight is 356 g/mol. The maximum absolute atomic E-state index is 12.2. The molecule has 1 rings (SSSR count). The van der Waals surface area contributed by atoms with Gasteiger partial charge in [0.25, 0.3) is 0 Å². The molecule has 1 aromatic carbocycles. The zero-order valence-corrected chi connectivity index (χ0v) is 9.44. The Morgan fingerprint density at radius 1 is 1.00 bits per heavy atom. The van der Waals surface area contributed by atoms with Crippen molar-refractivity contribution in [3.8, 4) is 5.75 Å². The maximum atomic E-state index is 12.2. The highest BCUT2D eigenvalue weighted by atomic mass is 127. The number of ether oxygens (including phenoxy) is 1. The first kappa shape index (κ1) is 13.4. The Hall–Kier alpha value is -0.670. The number of hydrogen-bond donors (Lipinski definition) is 0. The van der Waals surface area contributed by atoms with Crippen LogP contribution in [0.3, 0.4) is 0 Å². The lowest BCUT2D eigenvalue weighted by Crippen LogP contribution is -2.18. The summed E-state index contributed by atoms with van der Waals surface area (Å²) in [6, 6.07) is 1.75. The Kier molecular flexibility index (Phi) is 3.60. The average Bonchev–Trinajstić information content (AvgIpc) is 2.04. The van der Waals surface area contributed by atoms with Gasteiger partial charge in [-0.05, 0) is 40.8 Å². The Balaban J connectivity index is 3.01. The Labute approximate surface area is 99.5 Å². The van der Waals surface area contributed by atoms with Gasteiger partial charge in [0.1, 0.15) is 5.75 Å². The normalized spacial score (nSPS) is 12.7. The lowest BCUT2D eigenvalue weighted by molar-refractivity contribution is -0.274. The molecule has 1 nitrogen and oxygen atoms in total. The van der Waals surface area contributed by atoms with E-state index < -0.39 is 23.9 Å². The summed E-state index contributed by atoms with van der Waals surface area (Å²) in [5.74, 6) is -0.652. The third-order valence-corrected chi connectivity index (χ3v) is 2.33. The van der Waals surface area contributed by atoms with Crippen molar-refractivity contribution < 1.29 is 31.1 Å². The largest absolute Gasteiger partial charge is 0.573 e. The molecule has 0 bridgehead atoms. The van der Waals surface area contributed by atoms with Crippen LogP contribution in [-0.2, 0) is 6.18 Å². The van der Waals surface area contributed by atoms with Crippen LogP contribution in [-0.4, -0.2) is 6.36 Å². The Morgan fingerprint density at radius 2 is 1.56 bits per heavy atom. The molecule has 0 saturated heterocycles. The van der Waals surface area contributed by atoms with E-state index in [0.717, 1.165) is 0 Å². The van der Waals surface area contributed by atoms with E-state index in [4.69, 9.17) is 0 Å². The summed E-state index contributed by atoms with van der Waals surface area (Å²) in [6.07, 6.45) is -9.50. The summed E-state index contributed by atoms with van der Waals surface area (Å²) < 4.78 is 75.2. The van der Waals surface area contributed by atoms with Crippen molar-refractivity contribution in [3.05, 3.63) is 27.3 Å². The molecule has 8 heteroatoms. The summed E-state index contributed by atoms with van der Waals surface area (Å²) >= 11 is 1.34. The topological polar surface area (TPSA) is 9.23 Å². The van der Waals surface area contributed by atoms with Gasteiger partial charge in [-0.3, -0.25) is 0 Å². The molecule has 0 N–H and O–H groups in total. The summed E-state index contributed by atoms with van der Waals surface area (Å²) in [5, 5.41) is 0. The van der Waals surface area contributed by atoms with Crippen LogP contribution in [0.2, 0.25) is 0 Å². The van der Waals surface area contributed by atoms with Gasteiger partial charge in [0.05, 0.1) is 9.13 Å². The van der Waals surface area contributed by atoms with Crippen molar-refractivity contribution >= 4 is 22.6 Å². The molecule has 0 fully saturated rings. The minimum atomic E-state index is -4.92. The molecule has 0 saturated carbocycles. The van der Waals surface area contributed by atoms with Gasteiger partial charge in [-0.1, -0.05) is 0 Å². The van der Waals surface area contributed by atoms with E-state index >= 15 is 0 Å². The SMILES string of the molecule is FC(F)(F)Oc1ccc(C(F)(F)F)cc1I. The minimum Gasteiger partial charge on any atom is -0.405 e. The van der Waals surface area contributed by atoms with E-state index in [1.165, 1.54) is 22.6 Å². The number of halogens is 7. The molecule has 0 atom stereocenters. The summed E-state index contributed by atoms with van der Waals surface area (Å²) in [7, 11) is 0. The van der Waals surface area contributed by atoms with Crippen LogP contribution >= 0.6 is 22.6 Å². The summed E-state index contributed by atoms with van der Waals surface area (Å²) in [6.45, 7) is 0. The van der Waals surface area contributed by atoms with Crippen LogP contribution in [0.1, 0.15) is 5.56 Å². The van der Waals surface area contributed by atoms with Crippen LogP contribution in [0.15, 0.2) is 18.2 Å². The van der Waals surface area contributed by atoms with E-state index in [1.54, 1.807) is 0 Å². The van der Waals surface area contributed by atoms with Gasteiger partial charge in [0.15, 0.2) is 0 Å². The van der Waals surface area contributed by atoms with Crippen LogP contribution in [0.5, 0.6) is 5.75 Å². The van der Waals surface area contributed by atoms with Gasteiger partial charge < -0.3 is 4.74 Å². The molecule has 0 spiro atoms. The lowest BCUT2D eigenvalue weighted by Gasteiger charge is -2.12. The summed E-state index contributed by atoms with van der Waals surface area (Å²) in [4.78, 5) is 0. The first-order chi connectivity index (χ1) is 7.09. The second kappa shape index (κ2) is 4.30. The molecule has 0 aromatic heterocycles. The first-order valence-electron chi connectivity index (χ1n) is 3.72. The molecule has 1 aromatic rings. The smallest absolute Gasteiger partial charge is 0.405 e. The number of hydrogen-bond acceptors (Lipinski definition) is 1. The minimum absolute atomic E-state index is 0.259. The third kappa shape index (κ3) is 3.72. The van der Waals surface area contributed by atoms with Crippen LogP contribution < -0.4 is 4.74 Å². The highest BCUT2D eigenvalue weighted by Gasteiger charge is 2.34. The van der Waals surface area contributed by atoms with Gasteiger partial charge in [0.2, 0.25) is 0 Å². The fraction of sp³-hybridized carbons (Fsp3) is 0.250. The van der Waals surface area contributed by atoms with Crippen molar-refractivity contribution in [2.75, 3.05) is 0 Å². The van der Waals surface area contributed by atoms with Gasteiger partial charge in [0, 0.05) is 0 Å². The van der Waals surface area contributed by atoms with Crippen molar-refractivity contribution in [1.29, 1.82) is 0 Å². The van der Waals surface area contributed by atoms with Gasteiger partial charge >= 0.3 is 12.5 Å². The maximum Gasteiger partial charge on any atom is 0.573 e. The molecular formula is C8H3F6IO. The number of rotatable bonds is 1. The van der Waals surface area contributed by atoms with Gasteiger partial charge in [-0.2, -0.15) is 13.2 Å². The Morgan fingerprint density at radius 3 is 1.94 bits per heavy atom. The molecule has 0 heterocycles. The van der Waals surface area contributed by atoms with E-state index in [0.29, 0.717) is 18.2 Å². The van der Waals surface area contributed by atoms with Crippen molar-refractivity contribution in [1.82, 2.24) is 0 Å². The molecule has 16 heavy (non-hydrogen) atoms. The quantitative estimate of drug-likeness (QED) is 0.541. The molecule has 90 valence electrons. The van der Waals surface area contributed by atoms with Crippen LogP contribution in [0.4, 0.5) is 26.3 Å². The number of alkyl halides is 6. The lowest BCUT2D eigenvalue weighted by atomic mass is 10.2. The molecule has 0 aliphatic heterocycles.